The molecule has 0 aliphatic rings. The number of ether oxygens (including phenoxy) is 1. The molecule has 0 saturated carbocycles. The van der Waals surface area contributed by atoms with Crippen LogP contribution < -0.4 is 26.4 Å². The van der Waals surface area contributed by atoms with Crippen molar-refractivity contribution in [3.05, 3.63) is 69.7 Å². The highest BCUT2D eigenvalue weighted by Crippen LogP contribution is 2.28. The van der Waals surface area contributed by atoms with Gasteiger partial charge in [-0.2, -0.15) is 4.37 Å². The highest BCUT2D eigenvalue weighted by atomic mass is 32.1. The van der Waals surface area contributed by atoms with E-state index in [-0.39, 0.29) is 35.3 Å². The first-order chi connectivity index (χ1) is 15.7. The predicted molar refractivity (Wildman–Crippen MR) is 127 cm³/mol. The molecule has 1 heterocycles. The minimum Gasteiger partial charge on any atom is -0.497 e. The van der Waals surface area contributed by atoms with Crippen LogP contribution in [0.1, 0.15) is 36.9 Å². The summed E-state index contributed by atoms with van der Waals surface area (Å²) in [4.78, 5) is 39.1. The summed E-state index contributed by atoms with van der Waals surface area (Å²) in [5.74, 6) is -1.00. The van der Waals surface area contributed by atoms with Gasteiger partial charge in [-0.15, -0.1) is 0 Å². The summed E-state index contributed by atoms with van der Waals surface area (Å²) >= 11 is 0.776. The lowest BCUT2D eigenvalue weighted by Gasteiger charge is -2.24. The number of hydrogen-bond acceptors (Lipinski definition) is 7. The third kappa shape index (κ3) is 5.29. The molecule has 0 bridgehead atoms. The van der Waals surface area contributed by atoms with Gasteiger partial charge in [0.2, 0.25) is 5.91 Å². The zero-order valence-electron chi connectivity index (χ0n) is 18.5. The summed E-state index contributed by atoms with van der Waals surface area (Å²) in [5.41, 5.74) is 14.2. The van der Waals surface area contributed by atoms with E-state index < -0.39 is 11.8 Å². The van der Waals surface area contributed by atoms with Crippen LogP contribution in [0.15, 0.2) is 42.5 Å². The topological polar surface area (TPSA) is 141 Å². The summed E-state index contributed by atoms with van der Waals surface area (Å²) in [6.07, 6.45) is 0. The van der Waals surface area contributed by atoms with E-state index in [4.69, 9.17) is 16.2 Å². The van der Waals surface area contributed by atoms with Crippen molar-refractivity contribution in [1.29, 1.82) is 0 Å². The number of aryl methyl sites for hydroxylation is 1. The van der Waals surface area contributed by atoms with Crippen LogP contribution >= 0.6 is 11.5 Å². The van der Waals surface area contributed by atoms with Gasteiger partial charge < -0.3 is 21.5 Å². The van der Waals surface area contributed by atoms with Gasteiger partial charge >= 0.3 is 0 Å². The van der Waals surface area contributed by atoms with Gasteiger partial charge in [0.05, 0.1) is 12.8 Å². The Kier molecular flexibility index (Phi) is 7.29. The molecule has 2 aromatic carbocycles. The van der Waals surface area contributed by atoms with Gasteiger partial charge in [0.1, 0.15) is 17.2 Å². The molecule has 0 fully saturated rings. The van der Waals surface area contributed by atoms with Gasteiger partial charge in [0.15, 0.2) is 5.69 Å². The Balaban J connectivity index is 1.85. The number of methoxy groups -OCH3 is 1. The molecule has 10 heteroatoms. The predicted octanol–water partition coefficient (Wildman–Crippen LogP) is 2.41. The van der Waals surface area contributed by atoms with Crippen molar-refractivity contribution in [2.45, 2.75) is 20.4 Å². The average Bonchev–Trinajstić information content (AvgIpc) is 3.19. The number of aromatic nitrogens is 1. The van der Waals surface area contributed by atoms with Crippen LogP contribution in [0.2, 0.25) is 0 Å². The number of hydrogen-bond donors (Lipinski definition) is 3. The molecular weight excluding hydrogens is 442 g/mol. The molecule has 0 unspecified atom stereocenters. The van der Waals surface area contributed by atoms with Gasteiger partial charge in [-0.05, 0) is 60.3 Å². The highest BCUT2D eigenvalue weighted by molar-refractivity contribution is 7.09. The van der Waals surface area contributed by atoms with E-state index in [1.54, 1.807) is 31.4 Å². The number of anilines is 2. The first-order valence-electron chi connectivity index (χ1n) is 10.1. The molecule has 0 spiro atoms. The molecule has 0 saturated heterocycles. The number of nitrogens with one attached hydrogen (secondary N) is 1. The smallest absolute Gasteiger partial charge is 0.272 e. The Labute approximate surface area is 195 Å². The van der Waals surface area contributed by atoms with Crippen LogP contribution in [0.25, 0.3) is 0 Å². The van der Waals surface area contributed by atoms with E-state index >= 15 is 0 Å². The summed E-state index contributed by atoms with van der Waals surface area (Å²) in [6, 6.07) is 12.8. The van der Waals surface area contributed by atoms with Crippen molar-refractivity contribution in [2.24, 2.45) is 5.73 Å². The normalized spacial score (nSPS) is 10.5. The molecule has 5 N–H and O–H groups in total. The number of carbonyl (C=O) groups excluding carboxylic acids is 3. The van der Waals surface area contributed by atoms with Crippen molar-refractivity contribution in [2.75, 3.05) is 24.3 Å². The number of benzene rings is 2. The van der Waals surface area contributed by atoms with E-state index in [0.29, 0.717) is 11.4 Å². The molecule has 0 radical (unpaired) electrons. The number of nitrogens with zero attached hydrogens (tertiary/aromatic N) is 2. The fourth-order valence-corrected chi connectivity index (χ4v) is 3.94. The maximum Gasteiger partial charge on any atom is 0.272 e. The fraction of sp³-hybridized carbons (Fsp3) is 0.217. The number of primary amides is 1. The second-order valence-electron chi connectivity index (χ2n) is 7.37. The van der Waals surface area contributed by atoms with Gasteiger partial charge in [-0.3, -0.25) is 19.3 Å². The molecule has 0 aliphatic heterocycles. The summed E-state index contributed by atoms with van der Waals surface area (Å²) in [5, 5.41) is 2.82. The standard InChI is InChI=1S/C23H25N5O4S/c1-13-5-4-6-17(14(13)2)28(23(31)21-19(24)20(22(25)30)27-33-21)12-18(29)26-11-15-7-9-16(32-3)10-8-15/h4-10H,11-12,24H2,1-3H3,(H2,25,30)(H,26,29). The molecule has 9 nitrogen and oxygen atoms in total. The molecule has 172 valence electrons. The second-order valence-corrected chi connectivity index (χ2v) is 8.15. The molecule has 3 aromatic rings. The van der Waals surface area contributed by atoms with Crippen molar-refractivity contribution in [1.82, 2.24) is 9.69 Å². The second kappa shape index (κ2) is 10.1. The van der Waals surface area contributed by atoms with Gasteiger partial charge in [0, 0.05) is 12.2 Å². The third-order valence-corrected chi connectivity index (χ3v) is 6.07. The van der Waals surface area contributed by atoms with Crippen LogP contribution in [0, 0.1) is 13.8 Å². The number of nitrogen functional groups attached to an aromatic ring is 1. The number of carbonyl (C=O) groups is 3. The zero-order valence-corrected chi connectivity index (χ0v) is 19.4. The number of rotatable bonds is 8. The maximum absolute atomic E-state index is 13.4. The van der Waals surface area contributed by atoms with Gasteiger partial charge in [-0.1, -0.05) is 24.3 Å². The van der Waals surface area contributed by atoms with Crippen LogP contribution in [0.5, 0.6) is 5.75 Å². The molecule has 1 aromatic heterocycles. The van der Waals surface area contributed by atoms with Crippen LogP contribution in [-0.4, -0.2) is 35.7 Å². The minimum absolute atomic E-state index is 0.0488. The Morgan fingerprint density at radius 3 is 2.42 bits per heavy atom. The zero-order chi connectivity index (χ0) is 24.1. The average molecular weight is 468 g/mol. The van der Waals surface area contributed by atoms with E-state index in [0.717, 1.165) is 28.2 Å². The van der Waals surface area contributed by atoms with E-state index in [1.807, 2.05) is 32.0 Å². The minimum atomic E-state index is -0.821. The first kappa shape index (κ1) is 23.7. The third-order valence-electron chi connectivity index (χ3n) is 5.22. The van der Waals surface area contributed by atoms with Crippen molar-refractivity contribution in [3.63, 3.8) is 0 Å². The molecule has 33 heavy (non-hydrogen) atoms. The van der Waals surface area contributed by atoms with Crippen LogP contribution in [-0.2, 0) is 11.3 Å². The van der Waals surface area contributed by atoms with E-state index in [9.17, 15) is 14.4 Å². The van der Waals surface area contributed by atoms with Crippen LogP contribution in [0.4, 0.5) is 11.4 Å². The fourth-order valence-electron chi connectivity index (χ4n) is 3.19. The maximum atomic E-state index is 13.4. The molecule has 0 aliphatic carbocycles. The quantitative estimate of drug-likeness (QED) is 0.465. The van der Waals surface area contributed by atoms with Crippen molar-refractivity contribution in [3.8, 4) is 5.75 Å². The summed E-state index contributed by atoms with van der Waals surface area (Å²) in [6.45, 7) is 3.82. The number of amides is 3. The monoisotopic (exact) mass is 467 g/mol. The lowest BCUT2D eigenvalue weighted by atomic mass is 10.1. The van der Waals surface area contributed by atoms with Crippen molar-refractivity contribution >= 4 is 40.6 Å². The Morgan fingerprint density at radius 1 is 1.12 bits per heavy atom. The van der Waals surface area contributed by atoms with Gasteiger partial charge in [0.25, 0.3) is 11.8 Å². The Morgan fingerprint density at radius 2 is 1.82 bits per heavy atom. The molecule has 3 rings (SSSR count). The molecular formula is C23H25N5O4S. The summed E-state index contributed by atoms with van der Waals surface area (Å²) < 4.78 is 9.04. The lowest BCUT2D eigenvalue weighted by molar-refractivity contribution is -0.119. The lowest BCUT2D eigenvalue weighted by Crippen LogP contribution is -2.41. The van der Waals surface area contributed by atoms with E-state index in [2.05, 4.69) is 9.69 Å². The number of nitrogens with two attached hydrogens (primary N) is 2. The van der Waals surface area contributed by atoms with Gasteiger partial charge in [-0.25, -0.2) is 0 Å². The Hall–Kier alpha value is -3.92. The Bertz CT molecular complexity index is 1190. The van der Waals surface area contributed by atoms with Crippen LogP contribution in [0.3, 0.4) is 0 Å². The first-order valence-corrected chi connectivity index (χ1v) is 10.8. The van der Waals surface area contributed by atoms with Crippen molar-refractivity contribution < 1.29 is 19.1 Å². The largest absolute Gasteiger partial charge is 0.497 e. The SMILES string of the molecule is COc1ccc(CNC(=O)CN(C(=O)c2snc(C(N)=O)c2N)c2cccc(C)c2C)cc1. The molecule has 0 atom stereocenters. The molecule has 3 amide bonds. The van der Waals surface area contributed by atoms with E-state index in [1.165, 1.54) is 4.90 Å². The highest BCUT2D eigenvalue weighted by Gasteiger charge is 2.28. The summed E-state index contributed by atoms with van der Waals surface area (Å²) in [7, 11) is 1.58.